The number of fused-ring (bicyclic) bond motifs is 1. The van der Waals surface area contributed by atoms with Gasteiger partial charge in [0.1, 0.15) is 23.1 Å². The van der Waals surface area contributed by atoms with Gasteiger partial charge in [0.05, 0.1) is 17.8 Å². The predicted molar refractivity (Wildman–Crippen MR) is 73.8 cm³/mol. The van der Waals surface area contributed by atoms with Crippen LogP contribution >= 0.6 is 0 Å². The fourth-order valence-electron chi connectivity index (χ4n) is 2.05. The molecule has 0 aliphatic carbocycles. The van der Waals surface area contributed by atoms with Crippen LogP contribution in [0.2, 0.25) is 0 Å². The van der Waals surface area contributed by atoms with Crippen LogP contribution in [0.1, 0.15) is 5.69 Å². The molecule has 0 radical (unpaired) electrons. The van der Waals surface area contributed by atoms with Crippen molar-refractivity contribution in [1.82, 2.24) is 9.38 Å². The molecule has 0 atom stereocenters. The van der Waals surface area contributed by atoms with Crippen LogP contribution in [0.5, 0.6) is 0 Å². The van der Waals surface area contributed by atoms with Gasteiger partial charge in [0.25, 0.3) is 0 Å². The van der Waals surface area contributed by atoms with Gasteiger partial charge in [0.15, 0.2) is 0 Å². The molecule has 1 N–H and O–H groups in total. The summed E-state index contributed by atoms with van der Waals surface area (Å²) in [6.45, 7) is 0. The van der Waals surface area contributed by atoms with Crippen molar-refractivity contribution in [2.75, 3.05) is 5.32 Å². The number of carbonyl (C=O) groups excluding carboxylic acids is 1. The molecular weight excluding hydrogens is 295 g/mol. The van der Waals surface area contributed by atoms with Crippen molar-refractivity contribution in [1.29, 1.82) is 0 Å². The van der Waals surface area contributed by atoms with E-state index in [1.165, 1.54) is 28.9 Å². The van der Waals surface area contributed by atoms with Gasteiger partial charge in [-0.25, -0.2) is 18.2 Å². The number of amides is 1. The SMILES string of the molecule is O=C(Cc1cn2cc(F)ccc2n1)Nc1ccc(F)cc1F. The van der Waals surface area contributed by atoms with Crippen LogP contribution in [-0.4, -0.2) is 15.3 Å². The Hall–Kier alpha value is -2.83. The molecule has 112 valence electrons. The average Bonchev–Trinajstić information content (AvgIpc) is 2.83. The van der Waals surface area contributed by atoms with E-state index in [-0.39, 0.29) is 12.1 Å². The molecule has 0 aliphatic rings. The molecule has 0 unspecified atom stereocenters. The summed E-state index contributed by atoms with van der Waals surface area (Å²) in [5.41, 5.74) is 0.795. The minimum Gasteiger partial charge on any atom is -0.323 e. The molecule has 4 nitrogen and oxygen atoms in total. The van der Waals surface area contributed by atoms with Gasteiger partial charge in [0, 0.05) is 18.5 Å². The van der Waals surface area contributed by atoms with Crippen LogP contribution in [-0.2, 0) is 11.2 Å². The van der Waals surface area contributed by atoms with Gasteiger partial charge in [0.2, 0.25) is 5.91 Å². The van der Waals surface area contributed by atoms with Gasteiger partial charge >= 0.3 is 0 Å². The molecule has 3 aromatic rings. The smallest absolute Gasteiger partial charge is 0.230 e. The maximum absolute atomic E-state index is 13.4. The van der Waals surface area contributed by atoms with E-state index >= 15 is 0 Å². The van der Waals surface area contributed by atoms with Crippen molar-refractivity contribution >= 4 is 17.2 Å². The van der Waals surface area contributed by atoms with Crippen molar-refractivity contribution in [3.05, 3.63) is 65.9 Å². The van der Waals surface area contributed by atoms with Crippen molar-refractivity contribution in [2.24, 2.45) is 0 Å². The van der Waals surface area contributed by atoms with E-state index in [9.17, 15) is 18.0 Å². The molecule has 22 heavy (non-hydrogen) atoms. The number of rotatable bonds is 3. The Balaban J connectivity index is 1.75. The number of benzene rings is 1. The molecule has 7 heteroatoms. The van der Waals surface area contributed by atoms with Gasteiger partial charge < -0.3 is 9.72 Å². The van der Waals surface area contributed by atoms with Gasteiger partial charge in [-0.1, -0.05) is 0 Å². The first-order chi connectivity index (χ1) is 10.5. The first-order valence-electron chi connectivity index (χ1n) is 6.39. The Morgan fingerprint density at radius 1 is 1.09 bits per heavy atom. The number of pyridine rings is 1. The molecule has 0 fully saturated rings. The van der Waals surface area contributed by atoms with Gasteiger partial charge in [-0.05, 0) is 24.3 Å². The highest BCUT2D eigenvalue weighted by Gasteiger charge is 2.11. The number of carbonyl (C=O) groups is 1. The number of imidazole rings is 1. The lowest BCUT2D eigenvalue weighted by Gasteiger charge is -2.05. The molecule has 1 aromatic carbocycles. The van der Waals surface area contributed by atoms with E-state index in [1.807, 2.05) is 0 Å². The minimum atomic E-state index is -0.856. The van der Waals surface area contributed by atoms with E-state index in [1.54, 1.807) is 0 Å². The standard InChI is InChI=1S/C15H10F3N3O/c16-9-1-3-13(12(18)5-9)20-15(22)6-11-8-21-7-10(17)2-4-14(21)19-11/h1-5,7-8H,6H2,(H,20,22). The normalized spacial score (nSPS) is 10.9. The predicted octanol–water partition coefficient (Wildman–Crippen LogP) is 2.93. The first kappa shape index (κ1) is 14.1. The van der Waals surface area contributed by atoms with Crippen molar-refractivity contribution in [2.45, 2.75) is 6.42 Å². The topological polar surface area (TPSA) is 46.4 Å². The fourth-order valence-corrected chi connectivity index (χ4v) is 2.05. The molecule has 3 rings (SSSR count). The monoisotopic (exact) mass is 305 g/mol. The van der Waals surface area contributed by atoms with E-state index in [0.717, 1.165) is 12.1 Å². The maximum Gasteiger partial charge on any atom is 0.230 e. The fraction of sp³-hybridized carbons (Fsp3) is 0.0667. The van der Waals surface area contributed by atoms with Crippen LogP contribution in [0.4, 0.5) is 18.9 Å². The lowest BCUT2D eigenvalue weighted by atomic mass is 10.2. The summed E-state index contributed by atoms with van der Waals surface area (Å²) in [6.07, 6.45) is 2.64. The highest BCUT2D eigenvalue weighted by molar-refractivity contribution is 5.92. The molecule has 2 heterocycles. The lowest BCUT2D eigenvalue weighted by molar-refractivity contribution is -0.115. The lowest BCUT2D eigenvalue weighted by Crippen LogP contribution is -2.15. The number of hydrogen-bond donors (Lipinski definition) is 1. The number of halogens is 3. The van der Waals surface area contributed by atoms with E-state index in [4.69, 9.17) is 0 Å². The Morgan fingerprint density at radius 3 is 2.64 bits per heavy atom. The molecule has 2 aromatic heterocycles. The number of nitrogens with zero attached hydrogens (tertiary/aromatic N) is 2. The second kappa shape index (κ2) is 5.51. The van der Waals surface area contributed by atoms with Crippen molar-refractivity contribution in [3.8, 4) is 0 Å². The Morgan fingerprint density at radius 2 is 1.86 bits per heavy atom. The number of hydrogen-bond acceptors (Lipinski definition) is 2. The Labute approximate surface area is 123 Å². The quantitative estimate of drug-likeness (QED) is 0.808. The van der Waals surface area contributed by atoms with Crippen molar-refractivity contribution in [3.63, 3.8) is 0 Å². The zero-order chi connectivity index (χ0) is 15.7. The number of nitrogens with one attached hydrogen (secondary N) is 1. The van der Waals surface area contributed by atoms with Crippen LogP contribution in [0, 0.1) is 17.5 Å². The van der Waals surface area contributed by atoms with Crippen molar-refractivity contribution < 1.29 is 18.0 Å². The second-order valence-corrected chi connectivity index (χ2v) is 4.69. The van der Waals surface area contributed by atoms with Gasteiger partial charge in [-0.3, -0.25) is 4.79 Å². The molecular formula is C15H10F3N3O. The number of anilines is 1. The summed E-state index contributed by atoms with van der Waals surface area (Å²) in [4.78, 5) is 16.0. The summed E-state index contributed by atoms with van der Waals surface area (Å²) in [7, 11) is 0. The third-order valence-electron chi connectivity index (χ3n) is 3.01. The highest BCUT2D eigenvalue weighted by atomic mass is 19.1. The third-order valence-corrected chi connectivity index (χ3v) is 3.01. The second-order valence-electron chi connectivity index (χ2n) is 4.69. The summed E-state index contributed by atoms with van der Waals surface area (Å²) in [5.74, 6) is -2.51. The summed E-state index contributed by atoms with van der Waals surface area (Å²) in [5, 5.41) is 2.34. The van der Waals surface area contributed by atoms with E-state index < -0.39 is 23.4 Å². The van der Waals surface area contributed by atoms with Gasteiger partial charge in [-0.2, -0.15) is 0 Å². The van der Waals surface area contributed by atoms with E-state index in [2.05, 4.69) is 10.3 Å². The van der Waals surface area contributed by atoms with Crippen LogP contribution < -0.4 is 5.32 Å². The highest BCUT2D eigenvalue weighted by Crippen LogP contribution is 2.15. The average molecular weight is 305 g/mol. The Bertz CT molecular complexity index is 860. The van der Waals surface area contributed by atoms with Gasteiger partial charge in [-0.15, -0.1) is 0 Å². The Kier molecular flexibility index (Phi) is 3.54. The minimum absolute atomic E-state index is 0.110. The maximum atomic E-state index is 13.4. The molecule has 0 aliphatic heterocycles. The summed E-state index contributed by atoms with van der Waals surface area (Å²) in [6, 6.07) is 5.62. The molecule has 0 bridgehead atoms. The zero-order valence-electron chi connectivity index (χ0n) is 11.2. The summed E-state index contributed by atoms with van der Waals surface area (Å²) < 4.78 is 40.8. The zero-order valence-corrected chi connectivity index (χ0v) is 11.2. The van der Waals surface area contributed by atoms with E-state index in [0.29, 0.717) is 17.4 Å². The molecule has 0 spiro atoms. The molecule has 1 amide bonds. The van der Waals surface area contributed by atoms with Crippen LogP contribution in [0.25, 0.3) is 5.65 Å². The third kappa shape index (κ3) is 2.93. The molecule has 0 saturated carbocycles. The largest absolute Gasteiger partial charge is 0.323 e. The number of aromatic nitrogens is 2. The van der Waals surface area contributed by atoms with Crippen LogP contribution in [0.3, 0.4) is 0 Å². The summed E-state index contributed by atoms with van der Waals surface area (Å²) >= 11 is 0. The molecule has 0 saturated heterocycles. The van der Waals surface area contributed by atoms with Crippen LogP contribution in [0.15, 0.2) is 42.7 Å². The first-order valence-corrected chi connectivity index (χ1v) is 6.39.